The highest BCUT2D eigenvalue weighted by Crippen LogP contribution is 2.15. The van der Waals surface area contributed by atoms with Crippen LogP contribution < -0.4 is 5.73 Å². The van der Waals surface area contributed by atoms with E-state index in [-0.39, 0.29) is 0 Å². The Balaban J connectivity index is 3.26. The van der Waals surface area contributed by atoms with Gasteiger partial charge < -0.3 is 5.73 Å². The van der Waals surface area contributed by atoms with Crippen LogP contribution in [-0.4, -0.2) is 0 Å². The number of rotatable bonds is 1. The number of hydrogen-bond acceptors (Lipinski definition) is 1. The lowest BCUT2D eigenvalue weighted by molar-refractivity contribution is 1.42. The van der Waals surface area contributed by atoms with Crippen molar-refractivity contribution in [2.75, 3.05) is 5.73 Å². The molecule has 13 heavy (non-hydrogen) atoms. The summed E-state index contributed by atoms with van der Waals surface area (Å²) in [4.78, 5) is 0. The fourth-order valence-corrected chi connectivity index (χ4v) is 1.14. The van der Waals surface area contributed by atoms with Crippen LogP contribution in [0.4, 0.5) is 5.69 Å². The molecule has 0 aliphatic rings. The predicted molar refractivity (Wildman–Crippen MR) is 58.1 cm³/mol. The highest BCUT2D eigenvalue weighted by Gasteiger charge is 1.96. The molecular formula is C12H13N. The second kappa shape index (κ2) is 3.82. The third kappa shape index (κ3) is 2.38. The first-order chi connectivity index (χ1) is 6.13. The maximum absolute atomic E-state index is 5.66. The molecule has 1 aromatic carbocycles. The topological polar surface area (TPSA) is 26.0 Å². The van der Waals surface area contributed by atoms with Gasteiger partial charge in [0.2, 0.25) is 0 Å². The van der Waals surface area contributed by atoms with E-state index in [0.29, 0.717) is 0 Å². The van der Waals surface area contributed by atoms with Gasteiger partial charge in [0.15, 0.2) is 0 Å². The van der Waals surface area contributed by atoms with Crippen molar-refractivity contribution in [2.24, 2.45) is 0 Å². The molecule has 0 fully saturated rings. The third-order valence-electron chi connectivity index (χ3n) is 1.68. The van der Waals surface area contributed by atoms with Crippen molar-refractivity contribution in [1.82, 2.24) is 0 Å². The smallest absolute Gasteiger partial charge is 0.0320 e. The fourth-order valence-electron chi connectivity index (χ4n) is 1.14. The SMILES string of the molecule is C#Cc1ccc(N)cc1C=C(C)C. The third-order valence-corrected chi connectivity index (χ3v) is 1.68. The van der Waals surface area contributed by atoms with Gasteiger partial charge in [-0.05, 0) is 37.6 Å². The molecule has 0 spiro atoms. The highest BCUT2D eigenvalue weighted by atomic mass is 14.5. The molecule has 0 atom stereocenters. The molecule has 2 N–H and O–H groups in total. The van der Waals surface area contributed by atoms with Gasteiger partial charge in [0.25, 0.3) is 0 Å². The van der Waals surface area contributed by atoms with Gasteiger partial charge in [0, 0.05) is 11.3 Å². The molecule has 0 aliphatic carbocycles. The Labute approximate surface area is 79.3 Å². The largest absolute Gasteiger partial charge is 0.399 e. The summed E-state index contributed by atoms with van der Waals surface area (Å²) in [5.41, 5.74) is 9.51. The van der Waals surface area contributed by atoms with Crippen LogP contribution in [0.1, 0.15) is 25.0 Å². The van der Waals surface area contributed by atoms with Crippen molar-refractivity contribution >= 4 is 11.8 Å². The minimum Gasteiger partial charge on any atom is -0.399 e. The number of nitrogens with two attached hydrogens (primary N) is 1. The van der Waals surface area contributed by atoms with Crippen LogP contribution in [0, 0.1) is 12.3 Å². The van der Waals surface area contributed by atoms with E-state index in [0.717, 1.165) is 16.8 Å². The summed E-state index contributed by atoms with van der Waals surface area (Å²) in [6.45, 7) is 4.06. The molecule has 66 valence electrons. The Morgan fingerprint density at radius 3 is 2.69 bits per heavy atom. The number of allylic oxidation sites excluding steroid dienone is 1. The van der Waals surface area contributed by atoms with Crippen LogP contribution in [0.2, 0.25) is 0 Å². The summed E-state index contributed by atoms with van der Waals surface area (Å²) >= 11 is 0. The van der Waals surface area contributed by atoms with Crippen molar-refractivity contribution in [2.45, 2.75) is 13.8 Å². The zero-order valence-corrected chi connectivity index (χ0v) is 7.96. The van der Waals surface area contributed by atoms with Gasteiger partial charge in [0.1, 0.15) is 0 Å². The number of benzene rings is 1. The van der Waals surface area contributed by atoms with E-state index in [1.165, 1.54) is 5.57 Å². The van der Waals surface area contributed by atoms with Crippen LogP contribution in [0.15, 0.2) is 23.8 Å². The fraction of sp³-hybridized carbons (Fsp3) is 0.167. The van der Waals surface area contributed by atoms with Gasteiger partial charge in [-0.25, -0.2) is 0 Å². The molecular weight excluding hydrogens is 158 g/mol. The summed E-state index contributed by atoms with van der Waals surface area (Å²) in [5, 5.41) is 0. The zero-order valence-electron chi connectivity index (χ0n) is 7.96. The molecule has 0 aromatic heterocycles. The lowest BCUT2D eigenvalue weighted by Gasteiger charge is -2.01. The lowest BCUT2D eigenvalue weighted by atomic mass is 10.1. The zero-order chi connectivity index (χ0) is 9.84. The number of hydrogen-bond donors (Lipinski definition) is 1. The standard InChI is InChI=1S/C12H13N/c1-4-10-5-6-12(13)8-11(10)7-9(2)3/h1,5-8H,13H2,2-3H3. The minimum atomic E-state index is 0.742. The van der Waals surface area contributed by atoms with E-state index in [1.807, 2.05) is 38.1 Å². The first-order valence-electron chi connectivity index (χ1n) is 4.14. The molecule has 1 heteroatoms. The van der Waals surface area contributed by atoms with Gasteiger partial charge in [-0.2, -0.15) is 0 Å². The Morgan fingerprint density at radius 2 is 2.15 bits per heavy atom. The summed E-state index contributed by atoms with van der Waals surface area (Å²) < 4.78 is 0. The Morgan fingerprint density at radius 1 is 1.46 bits per heavy atom. The Kier molecular flexibility index (Phi) is 2.76. The number of nitrogen functional groups attached to an aromatic ring is 1. The second-order valence-electron chi connectivity index (χ2n) is 3.21. The van der Waals surface area contributed by atoms with E-state index >= 15 is 0 Å². The highest BCUT2D eigenvalue weighted by molar-refractivity contribution is 5.64. The average molecular weight is 171 g/mol. The molecule has 0 saturated heterocycles. The van der Waals surface area contributed by atoms with Gasteiger partial charge in [0.05, 0.1) is 0 Å². The molecule has 1 aromatic rings. The summed E-state index contributed by atoms with van der Waals surface area (Å²) in [6.07, 6.45) is 7.39. The quantitative estimate of drug-likeness (QED) is 0.510. The lowest BCUT2D eigenvalue weighted by Crippen LogP contribution is -1.88. The molecule has 0 radical (unpaired) electrons. The van der Waals surface area contributed by atoms with E-state index in [9.17, 15) is 0 Å². The van der Waals surface area contributed by atoms with Crippen molar-refractivity contribution in [1.29, 1.82) is 0 Å². The maximum atomic E-state index is 5.66. The van der Waals surface area contributed by atoms with Crippen LogP contribution in [-0.2, 0) is 0 Å². The first-order valence-corrected chi connectivity index (χ1v) is 4.14. The van der Waals surface area contributed by atoms with E-state index in [2.05, 4.69) is 5.92 Å². The Bertz CT molecular complexity index is 377. The van der Waals surface area contributed by atoms with Crippen molar-refractivity contribution in [3.05, 3.63) is 34.9 Å². The molecule has 1 nitrogen and oxygen atoms in total. The van der Waals surface area contributed by atoms with Crippen LogP contribution in [0.3, 0.4) is 0 Å². The Hall–Kier alpha value is -1.68. The molecule has 0 saturated carbocycles. The summed E-state index contributed by atoms with van der Waals surface area (Å²) in [7, 11) is 0. The van der Waals surface area contributed by atoms with Gasteiger partial charge >= 0.3 is 0 Å². The number of anilines is 1. The van der Waals surface area contributed by atoms with Gasteiger partial charge in [-0.3, -0.25) is 0 Å². The van der Waals surface area contributed by atoms with Crippen LogP contribution in [0.5, 0.6) is 0 Å². The molecule has 1 rings (SSSR count). The molecule has 0 bridgehead atoms. The van der Waals surface area contributed by atoms with E-state index < -0.39 is 0 Å². The minimum absolute atomic E-state index is 0.742. The van der Waals surface area contributed by atoms with E-state index in [4.69, 9.17) is 12.2 Å². The molecule has 0 amide bonds. The second-order valence-corrected chi connectivity index (χ2v) is 3.21. The monoisotopic (exact) mass is 171 g/mol. The van der Waals surface area contributed by atoms with Gasteiger partial charge in [-0.15, -0.1) is 6.42 Å². The molecule has 0 aliphatic heterocycles. The summed E-state index contributed by atoms with van der Waals surface area (Å²) in [6, 6.07) is 5.57. The van der Waals surface area contributed by atoms with Crippen molar-refractivity contribution in [3.63, 3.8) is 0 Å². The molecule has 0 unspecified atom stereocenters. The summed E-state index contributed by atoms with van der Waals surface area (Å²) in [5.74, 6) is 2.63. The van der Waals surface area contributed by atoms with Crippen LogP contribution in [0.25, 0.3) is 6.08 Å². The normalized spacial score (nSPS) is 9.00. The first kappa shape index (κ1) is 9.41. The van der Waals surface area contributed by atoms with Crippen LogP contribution >= 0.6 is 0 Å². The maximum Gasteiger partial charge on any atom is 0.0320 e. The predicted octanol–water partition coefficient (Wildman–Crippen LogP) is 2.67. The van der Waals surface area contributed by atoms with Crippen molar-refractivity contribution in [3.8, 4) is 12.3 Å². The molecule has 0 heterocycles. The van der Waals surface area contributed by atoms with Crippen molar-refractivity contribution < 1.29 is 0 Å². The van der Waals surface area contributed by atoms with E-state index in [1.54, 1.807) is 0 Å². The number of terminal acetylenes is 1. The average Bonchev–Trinajstić information content (AvgIpc) is 2.03. The van der Waals surface area contributed by atoms with Gasteiger partial charge in [-0.1, -0.05) is 17.6 Å².